The molecule has 0 aliphatic carbocycles. The number of rotatable bonds is 12. The number of aromatic hydroxyl groups is 1. The Morgan fingerprint density at radius 2 is 1.83 bits per heavy atom. The van der Waals surface area contributed by atoms with E-state index in [0.29, 0.717) is 26.2 Å². The SMILES string of the molecule is CN(C)CCN(Cc1cccc(CN2CC(CO)C(CO)C2C(N)=O)c1)Cc1cc(Br)ccc1O. The lowest BCUT2D eigenvalue weighted by Crippen LogP contribution is -2.44. The van der Waals surface area contributed by atoms with Crippen molar-refractivity contribution in [1.29, 1.82) is 0 Å². The van der Waals surface area contributed by atoms with Crippen LogP contribution in [0.5, 0.6) is 5.75 Å². The Morgan fingerprint density at radius 3 is 2.49 bits per heavy atom. The van der Waals surface area contributed by atoms with E-state index in [1.54, 1.807) is 6.07 Å². The first kappa shape index (κ1) is 27.6. The zero-order chi connectivity index (χ0) is 25.5. The van der Waals surface area contributed by atoms with Crippen LogP contribution in [0, 0.1) is 11.8 Å². The molecular formula is C26H37BrN4O4. The molecule has 1 heterocycles. The first-order valence-electron chi connectivity index (χ1n) is 11.9. The minimum Gasteiger partial charge on any atom is -0.508 e. The first-order valence-corrected chi connectivity index (χ1v) is 12.7. The van der Waals surface area contributed by atoms with E-state index in [2.05, 4.69) is 37.9 Å². The number of phenolic OH excluding ortho intramolecular Hbond substituents is 1. The van der Waals surface area contributed by atoms with Gasteiger partial charge < -0.3 is 26.0 Å². The van der Waals surface area contributed by atoms with Crippen molar-refractivity contribution in [2.45, 2.75) is 25.7 Å². The second-order valence-corrected chi connectivity index (χ2v) is 10.6. The normalized spacial score (nSPS) is 20.7. The molecular weight excluding hydrogens is 512 g/mol. The zero-order valence-corrected chi connectivity index (χ0v) is 22.1. The number of amides is 1. The van der Waals surface area contributed by atoms with E-state index in [1.165, 1.54) is 0 Å². The number of halogens is 1. The predicted octanol–water partition coefficient (Wildman–Crippen LogP) is 1.60. The van der Waals surface area contributed by atoms with Crippen LogP contribution in [0.15, 0.2) is 46.9 Å². The maximum absolute atomic E-state index is 12.2. The van der Waals surface area contributed by atoms with E-state index < -0.39 is 11.9 Å². The third kappa shape index (κ3) is 7.49. The quantitative estimate of drug-likeness (QED) is 0.318. The molecule has 1 aliphatic heterocycles. The van der Waals surface area contributed by atoms with Gasteiger partial charge in [0.25, 0.3) is 0 Å². The lowest BCUT2D eigenvalue weighted by atomic mass is 9.91. The molecule has 9 heteroatoms. The Hall–Kier alpha value is -2.01. The molecule has 1 saturated heterocycles. The van der Waals surface area contributed by atoms with E-state index in [1.807, 2.05) is 43.3 Å². The van der Waals surface area contributed by atoms with Crippen LogP contribution in [0.1, 0.15) is 16.7 Å². The number of likely N-dealkylation sites (tertiary alicyclic amines) is 1. The van der Waals surface area contributed by atoms with Crippen molar-refractivity contribution in [3.8, 4) is 5.75 Å². The van der Waals surface area contributed by atoms with Crippen LogP contribution in [0.3, 0.4) is 0 Å². The number of hydrogen-bond acceptors (Lipinski definition) is 7. The highest BCUT2D eigenvalue weighted by molar-refractivity contribution is 9.10. The number of phenols is 1. The molecule has 0 bridgehead atoms. The van der Waals surface area contributed by atoms with Gasteiger partial charge in [-0.1, -0.05) is 40.2 Å². The average molecular weight is 550 g/mol. The smallest absolute Gasteiger partial charge is 0.235 e. The number of hydrogen-bond donors (Lipinski definition) is 4. The molecule has 3 atom stereocenters. The highest BCUT2D eigenvalue weighted by Crippen LogP contribution is 2.31. The minimum atomic E-state index is -0.600. The van der Waals surface area contributed by atoms with Crippen molar-refractivity contribution in [2.24, 2.45) is 17.6 Å². The third-order valence-corrected chi connectivity index (χ3v) is 7.19. The maximum atomic E-state index is 12.2. The summed E-state index contributed by atoms with van der Waals surface area (Å²) >= 11 is 3.49. The molecule has 35 heavy (non-hydrogen) atoms. The summed E-state index contributed by atoms with van der Waals surface area (Å²) in [5.74, 6) is -0.736. The topological polar surface area (TPSA) is 114 Å². The standard InChI is InChI=1S/C26H37BrN4O4/c1-29(2)8-9-30(14-20-11-22(27)6-7-24(20)34)12-18-4-3-5-19(10-18)13-31-15-21(16-32)23(17-33)25(31)26(28)35/h3-7,10-11,21,23,25,32-34H,8-9,12-17H2,1-2H3,(H2,28,35). The molecule has 3 rings (SSSR count). The zero-order valence-electron chi connectivity index (χ0n) is 20.5. The van der Waals surface area contributed by atoms with Gasteiger partial charge in [-0.2, -0.15) is 0 Å². The largest absolute Gasteiger partial charge is 0.508 e. The molecule has 0 spiro atoms. The molecule has 1 amide bonds. The van der Waals surface area contributed by atoms with Crippen LogP contribution >= 0.6 is 15.9 Å². The summed E-state index contributed by atoms with van der Waals surface area (Å²) < 4.78 is 0.928. The Kier molecular flexibility index (Phi) is 10.1. The second kappa shape index (κ2) is 12.8. The number of carbonyl (C=O) groups is 1. The molecule has 2 aromatic rings. The molecule has 8 nitrogen and oxygen atoms in total. The third-order valence-electron chi connectivity index (χ3n) is 6.69. The molecule has 1 fully saturated rings. The van der Waals surface area contributed by atoms with E-state index >= 15 is 0 Å². The van der Waals surface area contributed by atoms with Crippen LogP contribution in [0.2, 0.25) is 0 Å². The van der Waals surface area contributed by atoms with Crippen molar-refractivity contribution < 1.29 is 20.1 Å². The van der Waals surface area contributed by atoms with Gasteiger partial charge in [-0.3, -0.25) is 14.6 Å². The van der Waals surface area contributed by atoms with Crippen LogP contribution in [-0.4, -0.2) is 88.9 Å². The monoisotopic (exact) mass is 548 g/mol. The van der Waals surface area contributed by atoms with Crippen molar-refractivity contribution in [1.82, 2.24) is 14.7 Å². The first-order chi connectivity index (χ1) is 16.7. The molecule has 1 aliphatic rings. The van der Waals surface area contributed by atoms with Crippen molar-refractivity contribution in [3.63, 3.8) is 0 Å². The van der Waals surface area contributed by atoms with Crippen molar-refractivity contribution >= 4 is 21.8 Å². The number of primary amides is 1. The van der Waals surface area contributed by atoms with Gasteiger partial charge in [-0.15, -0.1) is 0 Å². The Labute approximate surface area is 216 Å². The van der Waals surface area contributed by atoms with Gasteiger partial charge in [0.1, 0.15) is 5.75 Å². The van der Waals surface area contributed by atoms with Crippen LogP contribution < -0.4 is 5.73 Å². The summed E-state index contributed by atoms with van der Waals surface area (Å²) in [7, 11) is 4.08. The summed E-state index contributed by atoms with van der Waals surface area (Å²) in [5, 5.41) is 29.9. The van der Waals surface area contributed by atoms with Crippen LogP contribution in [0.25, 0.3) is 0 Å². The van der Waals surface area contributed by atoms with Gasteiger partial charge in [0.05, 0.1) is 6.04 Å². The van der Waals surface area contributed by atoms with E-state index in [-0.39, 0.29) is 30.8 Å². The lowest BCUT2D eigenvalue weighted by Gasteiger charge is -2.26. The summed E-state index contributed by atoms with van der Waals surface area (Å²) in [5.41, 5.74) is 8.70. The number of aliphatic hydroxyl groups is 2. The van der Waals surface area contributed by atoms with Crippen LogP contribution in [-0.2, 0) is 24.4 Å². The molecule has 0 aromatic heterocycles. The fourth-order valence-corrected chi connectivity index (χ4v) is 5.28. The van der Waals surface area contributed by atoms with Gasteiger partial charge in [-0.25, -0.2) is 0 Å². The number of nitrogens with two attached hydrogens (primary N) is 1. The summed E-state index contributed by atoms with van der Waals surface area (Å²) in [6.07, 6.45) is 0. The number of likely N-dealkylation sites (N-methyl/N-ethyl adjacent to an activating group) is 1. The Balaban J connectivity index is 1.76. The fraction of sp³-hybridized carbons (Fsp3) is 0.500. The highest BCUT2D eigenvalue weighted by atomic mass is 79.9. The van der Waals surface area contributed by atoms with Gasteiger partial charge in [0.15, 0.2) is 0 Å². The van der Waals surface area contributed by atoms with Crippen molar-refractivity contribution in [2.75, 3.05) is 46.9 Å². The minimum absolute atomic E-state index is 0.0885. The maximum Gasteiger partial charge on any atom is 0.235 e. The molecule has 192 valence electrons. The molecule has 5 N–H and O–H groups in total. The summed E-state index contributed by atoms with van der Waals surface area (Å²) in [4.78, 5) is 18.5. The average Bonchev–Trinajstić information content (AvgIpc) is 3.17. The van der Waals surface area contributed by atoms with Crippen molar-refractivity contribution in [3.05, 3.63) is 63.6 Å². The Bertz CT molecular complexity index is 990. The number of aliphatic hydroxyl groups excluding tert-OH is 2. The highest BCUT2D eigenvalue weighted by Gasteiger charge is 2.43. The van der Waals surface area contributed by atoms with Crippen LogP contribution in [0.4, 0.5) is 0 Å². The lowest BCUT2D eigenvalue weighted by molar-refractivity contribution is -0.124. The van der Waals surface area contributed by atoms with E-state index in [4.69, 9.17) is 5.73 Å². The molecule has 2 aromatic carbocycles. The second-order valence-electron chi connectivity index (χ2n) is 9.67. The fourth-order valence-electron chi connectivity index (χ4n) is 4.87. The number of benzene rings is 2. The molecule has 0 radical (unpaired) electrons. The van der Waals surface area contributed by atoms with E-state index in [9.17, 15) is 20.1 Å². The summed E-state index contributed by atoms with van der Waals surface area (Å²) in [6, 6.07) is 13.1. The molecule has 0 saturated carbocycles. The summed E-state index contributed by atoms with van der Waals surface area (Å²) in [6.45, 7) is 3.77. The number of nitrogens with zero attached hydrogens (tertiary/aromatic N) is 3. The Morgan fingerprint density at radius 1 is 1.09 bits per heavy atom. The number of carbonyl (C=O) groups excluding carboxylic acids is 1. The van der Waals surface area contributed by atoms with Gasteiger partial charge >= 0.3 is 0 Å². The molecule has 3 unspecified atom stereocenters. The van der Waals surface area contributed by atoms with Gasteiger partial charge in [-0.05, 0) is 43.4 Å². The predicted molar refractivity (Wildman–Crippen MR) is 139 cm³/mol. The van der Waals surface area contributed by atoms with E-state index in [0.717, 1.165) is 34.3 Å². The van der Waals surface area contributed by atoms with Gasteiger partial charge in [0.2, 0.25) is 5.91 Å². The van der Waals surface area contributed by atoms with Gasteiger partial charge in [0, 0.05) is 74.4 Å².